The van der Waals surface area contributed by atoms with Crippen LogP contribution in [0.2, 0.25) is 0 Å². The number of esters is 1. The molecular weight excluding hydrogens is 372 g/mol. The van der Waals surface area contributed by atoms with Gasteiger partial charge in [0.15, 0.2) is 18.9 Å². The highest BCUT2D eigenvalue weighted by Gasteiger charge is 2.42. The minimum absolute atomic E-state index is 0.0382. The fourth-order valence-corrected chi connectivity index (χ4v) is 3.20. The number of carbonyl (C=O) groups excluding carboxylic acids is 2. The molecule has 7 nitrogen and oxygen atoms in total. The van der Waals surface area contributed by atoms with Gasteiger partial charge in [0.25, 0.3) is 0 Å². The zero-order chi connectivity index (χ0) is 20.6. The molecule has 3 rings (SSSR count). The van der Waals surface area contributed by atoms with Crippen LogP contribution in [0.5, 0.6) is 0 Å². The topological polar surface area (TPSA) is 81.0 Å². The Labute approximate surface area is 171 Å². The Hall–Kier alpha value is -2.51. The molecule has 156 valence electrons. The Morgan fingerprint density at radius 2 is 2.07 bits per heavy atom. The molecule has 1 aromatic rings. The highest BCUT2D eigenvalue weighted by atomic mass is 16.6. The van der Waals surface area contributed by atoms with Gasteiger partial charge in [-0.2, -0.15) is 0 Å². The van der Waals surface area contributed by atoms with Gasteiger partial charge in [-0.25, -0.2) is 4.57 Å². The van der Waals surface area contributed by atoms with Gasteiger partial charge in [-0.3, -0.25) is 9.59 Å². The number of nitrogens with zero attached hydrogens (tertiary/aromatic N) is 1. The van der Waals surface area contributed by atoms with Crippen LogP contribution in [0.1, 0.15) is 31.2 Å². The van der Waals surface area contributed by atoms with Gasteiger partial charge < -0.3 is 19.5 Å². The average molecular weight is 401 g/mol. The number of hydrogen-bond donors (Lipinski definition) is 1. The lowest BCUT2D eigenvalue weighted by Crippen LogP contribution is -2.40. The lowest BCUT2D eigenvalue weighted by Gasteiger charge is -2.26. The first kappa shape index (κ1) is 21.2. The fourth-order valence-electron chi connectivity index (χ4n) is 3.20. The number of hydrogen-bond acceptors (Lipinski definition) is 5. The van der Waals surface area contributed by atoms with E-state index in [2.05, 4.69) is 23.0 Å². The van der Waals surface area contributed by atoms with Crippen LogP contribution in [0, 0.1) is 0 Å². The van der Waals surface area contributed by atoms with Crippen LogP contribution in [0.25, 0.3) is 0 Å². The van der Waals surface area contributed by atoms with E-state index in [9.17, 15) is 9.59 Å². The first-order chi connectivity index (χ1) is 14.0. The fraction of sp³-hybridized carbons (Fsp3) is 0.500. The third-order valence-corrected chi connectivity index (χ3v) is 5.15. The SMILES string of the molecule is C=COC(=O)CCCc1cc[n+](CC2OC2CC(=C)C(=O)NCC2CCO2)cc1. The molecule has 0 radical (unpaired) electrons. The molecule has 7 heteroatoms. The van der Waals surface area contributed by atoms with E-state index in [0.717, 1.165) is 38.7 Å². The third-order valence-electron chi connectivity index (χ3n) is 5.15. The lowest BCUT2D eigenvalue weighted by molar-refractivity contribution is -0.698. The Bertz CT molecular complexity index is 742. The number of pyridine rings is 1. The Balaban J connectivity index is 1.32. The van der Waals surface area contributed by atoms with Crippen molar-refractivity contribution in [3.63, 3.8) is 0 Å². The van der Waals surface area contributed by atoms with Crippen LogP contribution in [-0.4, -0.2) is 43.3 Å². The van der Waals surface area contributed by atoms with Gasteiger partial charge in [0.2, 0.25) is 5.91 Å². The monoisotopic (exact) mass is 401 g/mol. The molecule has 3 atom stereocenters. The Morgan fingerprint density at radius 1 is 1.31 bits per heavy atom. The summed E-state index contributed by atoms with van der Waals surface area (Å²) in [5.74, 6) is -0.377. The van der Waals surface area contributed by atoms with Crippen molar-refractivity contribution < 1.29 is 28.4 Å². The molecule has 2 fully saturated rings. The van der Waals surface area contributed by atoms with Crippen molar-refractivity contribution in [2.75, 3.05) is 13.2 Å². The highest BCUT2D eigenvalue weighted by Crippen LogP contribution is 2.28. The van der Waals surface area contributed by atoms with E-state index in [-0.39, 0.29) is 30.2 Å². The average Bonchev–Trinajstić information content (AvgIpc) is 3.39. The zero-order valence-electron chi connectivity index (χ0n) is 16.7. The van der Waals surface area contributed by atoms with Gasteiger partial charge in [0.05, 0.1) is 18.5 Å². The number of amides is 1. The molecule has 0 aliphatic carbocycles. The van der Waals surface area contributed by atoms with Crippen LogP contribution in [0.15, 0.2) is 49.5 Å². The van der Waals surface area contributed by atoms with Crippen molar-refractivity contribution >= 4 is 11.9 Å². The van der Waals surface area contributed by atoms with E-state index in [1.54, 1.807) is 0 Å². The van der Waals surface area contributed by atoms with Gasteiger partial charge in [-0.1, -0.05) is 13.2 Å². The summed E-state index contributed by atoms with van der Waals surface area (Å²) in [6.45, 7) is 9.32. The number of aromatic nitrogens is 1. The Morgan fingerprint density at radius 3 is 2.72 bits per heavy atom. The first-order valence-electron chi connectivity index (χ1n) is 10.1. The summed E-state index contributed by atoms with van der Waals surface area (Å²) in [7, 11) is 0. The summed E-state index contributed by atoms with van der Waals surface area (Å²) >= 11 is 0. The third kappa shape index (κ3) is 6.80. The van der Waals surface area contributed by atoms with Crippen LogP contribution < -0.4 is 9.88 Å². The maximum Gasteiger partial charge on any atom is 0.310 e. The van der Waals surface area contributed by atoms with Crippen molar-refractivity contribution in [2.24, 2.45) is 0 Å². The van der Waals surface area contributed by atoms with Crippen LogP contribution in [0.3, 0.4) is 0 Å². The first-order valence-corrected chi connectivity index (χ1v) is 10.1. The molecule has 1 aromatic heterocycles. The summed E-state index contributed by atoms with van der Waals surface area (Å²) < 4.78 is 17.8. The predicted molar refractivity (Wildman–Crippen MR) is 106 cm³/mol. The van der Waals surface area contributed by atoms with E-state index in [0.29, 0.717) is 25.0 Å². The second-order valence-corrected chi connectivity index (χ2v) is 7.43. The minimum atomic E-state index is -0.255. The molecule has 2 aliphatic rings. The molecule has 29 heavy (non-hydrogen) atoms. The molecule has 2 aliphatic heterocycles. The molecule has 3 unspecified atom stereocenters. The normalized spacial score (nSPS) is 22.3. The second kappa shape index (κ2) is 10.3. The number of carbonyl (C=O) groups is 2. The van der Waals surface area contributed by atoms with E-state index in [1.807, 2.05) is 24.5 Å². The molecule has 0 aromatic carbocycles. The molecule has 1 amide bonds. The van der Waals surface area contributed by atoms with E-state index in [1.165, 1.54) is 5.56 Å². The largest absolute Gasteiger partial charge is 0.435 e. The number of rotatable bonds is 12. The Kier molecular flexibility index (Phi) is 7.55. The maximum absolute atomic E-state index is 12.1. The van der Waals surface area contributed by atoms with Gasteiger partial charge in [0, 0.05) is 43.7 Å². The zero-order valence-corrected chi connectivity index (χ0v) is 16.7. The van der Waals surface area contributed by atoms with Gasteiger partial charge in [-0.05, 0) is 24.8 Å². The summed E-state index contributed by atoms with van der Waals surface area (Å²) in [5, 5.41) is 2.86. The van der Waals surface area contributed by atoms with Crippen molar-refractivity contribution in [2.45, 2.75) is 57.0 Å². The van der Waals surface area contributed by atoms with E-state index < -0.39 is 0 Å². The standard InChI is InChI=1S/C22H28N2O5/c1-3-27-21(25)6-4-5-17-7-10-24(11-8-17)15-20-19(29-20)13-16(2)22(26)23-14-18-9-12-28-18/h3,7-8,10-11,18-20H,1-2,4-6,9,12-15H2/p+1. The smallest absolute Gasteiger partial charge is 0.310 e. The van der Waals surface area contributed by atoms with E-state index in [4.69, 9.17) is 14.2 Å². The van der Waals surface area contributed by atoms with Crippen molar-refractivity contribution in [3.05, 3.63) is 55.1 Å². The molecule has 1 N–H and O–H groups in total. The molecule has 3 heterocycles. The molecule has 0 saturated carbocycles. The minimum Gasteiger partial charge on any atom is -0.435 e. The summed E-state index contributed by atoms with van der Waals surface area (Å²) in [6, 6.07) is 4.09. The number of aryl methyl sites for hydroxylation is 1. The van der Waals surface area contributed by atoms with Gasteiger partial charge in [0.1, 0.15) is 6.10 Å². The summed E-state index contributed by atoms with van der Waals surface area (Å²) in [5.41, 5.74) is 1.72. The second-order valence-electron chi connectivity index (χ2n) is 7.43. The van der Waals surface area contributed by atoms with Crippen molar-refractivity contribution in [1.29, 1.82) is 0 Å². The van der Waals surface area contributed by atoms with E-state index >= 15 is 0 Å². The predicted octanol–water partition coefficient (Wildman–Crippen LogP) is 1.60. The molecule has 0 spiro atoms. The number of epoxide rings is 1. The molecular formula is C22H29N2O5+. The lowest BCUT2D eigenvalue weighted by atomic mass is 10.1. The molecule has 2 saturated heterocycles. The quantitative estimate of drug-likeness (QED) is 0.189. The maximum atomic E-state index is 12.1. The van der Waals surface area contributed by atoms with Gasteiger partial charge >= 0.3 is 5.97 Å². The van der Waals surface area contributed by atoms with Gasteiger partial charge in [-0.15, -0.1) is 0 Å². The number of nitrogens with one attached hydrogen (secondary N) is 1. The summed E-state index contributed by atoms with van der Waals surface area (Å²) in [4.78, 5) is 23.4. The van der Waals surface area contributed by atoms with Crippen molar-refractivity contribution in [3.8, 4) is 0 Å². The van der Waals surface area contributed by atoms with Crippen molar-refractivity contribution in [1.82, 2.24) is 5.32 Å². The highest BCUT2D eigenvalue weighted by molar-refractivity contribution is 5.92. The number of ether oxygens (including phenoxy) is 3. The van der Waals surface area contributed by atoms with Crippen LogP contribution in [-0.2, 0) is 36.8 Å². The molecule has 0 bridgehead atoms. The summed E-state index contributed by atoms with van der Waals surface area (Å²) in [6.07, 6.45) is 8.94. The van der Waals surface area contributed by atoms with Crippen LogP contribution >= 0.6 is 0 Å². The van der Waals surface area contributed by atoms with Crippen LogP contribution in [0.4, 0.5) is 0 Å².